The summed E-state index contributed by atoms with van der Waals surface area (Å²) in [4.78, 5) is 0. The second-order valence-corrected chi connectivity index (χ2v) is 6.46. The fourth-order valence-corrected chi connectivity index (χ4v) is 3.62. The van der Waals surface area contributed by atoms with Gasteiger partial charge in [-0.1, -0.05) is 35.9 Å². The Labute approximate surface area is 126 Å². The van der Waals surface area contributed by atoms with Crippen molar-refractivity contribution in [3.05, 3.63) is 64.7 Å². The summed E-state index contributed by atoms with van der Waals surface area (Å²) in [6.07, 6.45) is 2.58. The van der Waals surface area contributed by atoms with Crippen molar-refractivity contribution in [1.82, 2.24) is 5.32 Å². The Morgan fingerprint density at radius 1 is 1.14 bits per heavy atom. The van der Waals surface area contributed by atoms with Crippen molar-refractivity contribution in [3.8, 4) is 5.75 Å². The molecule has 0 saturated heterocycles. The van der Waals surface area contributed by atoms with Gasteiger partial charge < -0.3 is 10.1 Å². The molecule has 2 nitrogen and oxygen atoms in total. The van der Waals surface area contributed by atoms with Crippen LogP contribution in [0.2, 0.25) is 0 Å². The highest BCUT2D eigenvalue weighted by Gasteiger charge is 2.49. The molecule has 1 unspecified atom stereocenters. The molecule has 1 fully saturated rings. The van der Waals surface area contributed by atoms with E-state index in [9.17, 15) is 0 Å². The van der Waals surface area contributed by atoms with Crippen LogP contribution in [0.5, 0.6) is 5.75 Å². The predicted octanol–water partition coefficient (Wildman–Crippen LogP) is 3.73. The van der Waals surface area contributed by atoms with Crippen molar-refractivity contribution < 1.29 is 4.74 Å². The van der Waals surface area contributed by atoms with Gasteiger partial charge in [-0.15, -0.1) is 0 Å². The smallest absolute Gasteiger partial charge is 0.119 e. The van der Waals surface area contributed by atoms with Crippen LogP contribution >= 0.6 is 0 Å². The van der Waals surface area contributed by atoms with Crippen molar-refractivity contribution in [3.63, 3.8) is 0 Å². The van der Waals surface area contributed by atoms with Crippen molar-refractivity contribution in [2.75, 3.05) is 13.7 Å². The number of nitrogens with one attached hydrogen (secondary N) is 1. The maximum Gasteiger partial charge on any atom is 0.119 e. The SMILES string of the molecule is COc1ccc2c(c1)C1(CC1)CNC2c1cccc(C)c1. The first-order valence-electron chi connectivity index (χ1n) is 7.70. The first kappa shape index (κ1) is 12.9. The van der Waals surface area contributed by atoms with Crippen LogP contribution in [0.25, 0.3) is 0 Å². The zero-order valence-electron chi connectivity index (χ0n) is 12.6. The molecule has 1 spiro atoms. The fraction of sp³-hybridized carbons (Fsp3) is 0.368. The molecule has 2 heteroatoms. The molecule has 1 atom stereocenters. The Hall–Kier alpha value is -1.80. The highest BCUT2D eigenvalue weighted by atomic mass is 16.5. The maximum atomic E-state index is 5.44. The summed E-state index contributed by atoms with van der Waals surface area (Å²) >= 11 is 0. The molecule has 2 aromatic rings. The molecular formula is C19H21NO. The van der Waals surface area contributed by atoms with Gasteiger partial charge in [0.25, 0.3) is 0 Å². The van der Waals surface area contributed by atoms with Crippen LogP contribution in [0.15, 0.2) is 42.5 Å². The Kier molecular flexibility index (Phi) is 2.83. The lowest BCUT2D eigenvalue weighted by molar-refractivity contribution is 0.410. The molecule has 1 N–H and O–H groups in total. The molecule has 21 heavy (non-hydrogen) atoms. The van der Waals surface area contributed by atoms with Crippen LogP contribution in [0, 0.1) is 6.92 Å². The quantitative estimate of drug-likeness (QED) is 0.904. The second kappa shape index (κ2) is 4.60. The Balaban J connectivity index is 1.82. The maximum absolute atomic E-state index is 5.44. The van der Waals surface area contributed by atoms with Crippen molar-refractivity contribution in [1.29, 1.82) is 0 Å². The van der Waals surface area contributed by atoms with Crippen LogP contribution in [0.3, 0.4) is 0 Å². The van der Waals surface area contributed by atoms with Gasteiger partial charge in [-0.2, -0.15) is 0 Å². The number of aryl methyl sites for hydroxylation is 1. The van der Waals surface area contributed by atoms with Gasteiger partial charge in [0.15, 0.2) is 0 Å². The minimum absolute atomic E-state index is 0.303. The zero-order chi connectivity index (χ0) is 14.4. The highest BCUT2D eigenvalue weighted by molar-refractivity contribution is 5.50. The minimum atomic E-state index is 0.303. The number of methoxy groups -OCH3 is 1. The van der Waals surface area contributed by atoms with Gasteiger partial charge in [-0.05, 0) is 48.6 Å². The number of rotatable bonds is 2. The molecule has 0 aromatic heterocycles. The average Bonchev–Trinajstić information content (AvgIpc) is 3.28. The second-order valence-electron chi connectivity index (χ2n) is 6.46. The normalized spacial score (nSPS) is 21.9. The first-order valence-corrected chi connectivity index (χ1v) is 7.70. The van der Waals surface area contributed by atoms with Crippen molar-refractivity contribution >= 4 is 0 Å². The van der Waals surface area contributed by atoms with Crippen LogP contribution in [0.1, 0.15) is 41.1 Å². The van der Waals surface area contributed by atoms with E-state index >= 15 is 0 Å². The predicted molar refractivity (Wildman–Crippen MR) is 84.9 cm³/mol. The molecular weight excluding hydrogens is 258 g/mol. The summed E-state index contributed by atoms with van der Waals surface area (Å²) in [5.74, 6) is 0.977. The van der Waals surface area contributed by atoms with Gasteiger partial charge in [0, 0.05) is 12.0 Å². The Morgan fingerprint density at radius 3 is 2.71 bits per heavy atom. The summed E-state index contributed by atoms with van der Waals surface area (Å²) < 4.78 is 5.44. The van der Waals surface area contributed by atoms with Gasteiger partial charge in [0.1, 0.15) is 5.75 Å². The fourth-order valence-electron chi connectivity index (χ4n) is 3.62. The van der Waals surface area contributed by atoms with Crippen LogP contribution < -0.4 is 10.1 Å². The van der Waals surface area contributed by atoms with E-state index in [4.69, 9.17) is 4.74 Å². The molecule has 1 aliphatic carbocycles. The van der Waals surface area contributed by atoms with Gasteiger partial charge in [0.2, 0.25) is 0 Å². The number of fused-ring (bicyclic) bond motifs is 2. The van der Waals surface area contributed by atoms with Crippen LogP contribution in [0.4, 0.5) is 0 Å². The Morgan fingerprint density at radius 2 is 2.00 bits per heavy atom. The van der Waals surface area contributed by atoms with Gasteiger partial charge in [-0.3, -0.25) is 0 Å². The topological polar surface area (TPSA) is 21.3 Å². The standard InChI is InChI=1S/C19H21NO/c1-13-4-3-5-14(10-13)18-16-7-6-15(21-2)11-17(16)19(8-9-19)12-20-18/h3-7,10-11,18,20H,8-9,12H2,1-2H3. The van der Waals surface area contributed by atoms with E-state index in [0.29, 0.717) is 11.5 Å². The molecule has 108 valence electrons. The summed E-state index contributed by atoms with van der Waals surface area (Å²) in [5.41, 5.74) is 5.95. The lowest BCUT2D eigenvalue weighted by Gasteiger charge is -2.34. The molecule has 1 heterocycles. The van der Waals surface area contributed by atoms with E-state index in [1.165, 1.54) is 35.1 Å². The van der Waals surface area contributed by atoms with Gasteiger partial charge >= 0.3 is 0 Å². The van der Waals surface area contributed by atoms with Crippen molar-refractivity contribution in [2.45, 2.75) is 31.2 Å². The number of ether oxygens (including phenoxy) is 1. The molecule has 0 amide bonds. The van der Waals surface area contributed by atoms with E-state index in [1.54, 1.807) is 7.11 Å². The molecule has 1 aliphatic heterocycles. The van der Waals surface area contributed by atoms with Crippen LogP contribution in [-0.2, 0) is 5.41 Å². The minimum Gasteiger partial charge on any atom is -0.497 e. The largest absolute Gasteiger partial charge is 0.497 e. The third-order valence-corrected chi connectivity index (χ3v) is 5.02. The molecule has 2 aliphatic rings. The average molecular weight is 279 g/mol. The van der Waals surface area contributed by atoms with E-state index in [0.717, 1.165) is 12.3 Å². The molecule has 2 aromatic carbocycles. The molecule has 0 bridgehead atoms. The third-order valence-electron chi connectivity index (χ3n) is 5.02. The lowest BCUT2D eigenvalue weighted by atomic mass is 9.81. The lowest BCUT2D eigenvalue weighted by Crippen LogP contribution is -2.37. The first-order chi connectivity index (χ1) is 10.2. The number of hydrogen-bond acceptors (Lipinski definition) is 2. The molecule has 0 radical (unpaired) electrons. The molecule has 1 saturated carbocycles. The van der Waals surface area contributed by atoms with E-state index in [-0.39, 0.29) is 0 Å². The van der Waals surface area contributed by atoms with E-state index in [1.807, 2.05) is 0 Å². The number of hydrogen-bond donors (Lipinski definition) is 1. The van der Waals surface area contributed by atoms with Crippen molar-refractivity contribution in [2.24, 2.45) is 0 Å². The zero-order valence-corrected chi connectivity index (χ0v) is 12.6. The van der Waals surface area contributed by atoms with Gasteiger partial charge in [-0.25, -0.2) is 0 Å². The van der Waals surface area contributed by atoms with Gasteiger partial charge in [0.05, 0.1) is 13.2 Å². The molecule has 4 rings (SSSR count). The summed E-state index contributed by atoms with van der Waals surface area (Å²) in [5, 5.41) is 3.77. The monoisotopic (exact) mass is 279 g/mol. The summed E-state index contributed by atoms with van der Waals surface area (Å²) in [6.45, 7) is 3.23. The summed E-state index contributed by atoms with van der Waals surface area (Å²) in [6, 6.07) is 15.7. The van der Waals surface area contributed by atoms with Crippen LogP contribution in [-0.4, -0.2) is 13.7 Å². The van der Waals surface area contributed by atoms with E-state index in [2.05, 4.69) is 54.7 Å². The third kappa shape index (κ3) is 2.06. The highest BCUT2D eigenvalue weighted by Crippen LogP contribution is 2.53. The van der Waals surface area contributed by atoms with E-state index < -0.39 is 0 Å². The number of benzene rings is 2. The Bertz CT molecular complexity index is 688. The summed E-state index contributed by atoms with van der Waals surface area (Å²) in [7, 11) is 1.75.